The van der Waals surface area contributed by atoms with Gasteiger partial charge >= 0.3 is 0 Å². The fraction of sp³-hybridized carbons (Fsp3) is 0.0400. The standard InChI is InChI=1S/C25H19N5O2/c1-2-7-24-19(4-1)11-12-20(26-24)17-31-22-5-3-6-23(16-22)32-21-13-8-18(9-14-21)10-15-25-27-29-30-28-25/h1-16H,17H2,(H,27,28,29,30). The van der Waals surface area contributed by atoms with Crippen LogP contribution in [-0.2, 0) is 6.61 Å². The normalized spacial score (nSPS) is 11.1. The van der Waals surface area contributed by atoms with Crippen molar-refractivity contribution >= 4 is 23.1 Å². The highest BCUT2D eigenvalue weighted by atomic mass is 16.5. The van der Waals surface area contributed by atoms with E-state index >= 15 is 0 Å². The van der Waals surface area contributed by atoms with Crippen molar-refractivity contribution in [3.63, 3.8) is 0 Å². The molecule has 0 aliphatic rings. The molecule has 2 aromatic heterocycles. The second-order valence-electron chi connectivity index (χ2n) is 7.05. The molecule has 0 radical (unpaired) electrons. The zero-order valence-electron chi connectivity index (χ0n) is 17.1. The van der Waals surface area contributed by atoms with E-state index in [9.17, 15) is 0 Å². The molecule has 32 heavy (non-hydrogen) atoms. The van der Waals surface area contributed by atoms with Gasteiger partial charge in [0.1, 0.15) is 23.9 Å². The number of tetrazole rings is 1. The molecule has 3 aromatic carbocycles. The first-order valence-corrected chi connectivity index (χ1v) is 10.1. The molecule has 0 bridgehead atoms. The summed E-state index contributed by atoms with van der Waals surface area (Å²) in [5.74, 6) is 2.75. The first-order valence-electron chi connectivity index (χ1n) is 10.1. The molecule has 156 valence electrons. The van der Waals surface area contributed by atoms with Gasteiger partial charge in [-0.3, -0.25) is 0 Å². The van der Waals surface area contributed by atoms with Crippen LogP contribution in [0.2, 0.25) is 0 Å². The summed E-state index contributed by atoms with van der Waals surface area (Å²) in [7, 11) is 0. The first-order chi connectivity index (χ1) is 15.8. The van der Waals surface area contributed by atoms with Gasteiger partial charge < -0.3 is 9.47 Å². The summed E-state index contributed by atoms with van der Waals surface area (Å²) < 4.78 is 11.9. The van der Waals surface area contributed by atoms with Crippen LogP contribution >= 0.6 is 0 Å². The summed E-state index contributed by atoms with van der Waals surface area (Å²) in [6.07, 6.45) is 3.72. The maximum Gasteiger partial charge on any atom is 0.172 e. The smallest absolute Gasteiger partial charge is 0.172 e. The van der Waals surface area contributed by atoms with Crippen LogP contribution in [0.15, 0.2) is 84.9 Å². The lowest BCUT2D eigenvalue weighted by Crippen LogP contribution is -1.98. The number of nitrogens with one attached hydrogen (secondary N) is 1. The Balaban J connectivity index is 1.21. The van der Waals surface area contributed by atoms with Gasteiger partial charge in [-0.1, -0.05) is 48.5 Å². The molecule has 0 spiro atoms. The van der Waals surface area contributed by atoms with E-state index in [4.69, 9.17) is 9.47 Å². The number of hydrogen-bond acceptors (Lipinski definition) is 6. The number of hydrogen-bond donors (Lipinski definition) is 1. The predicted molar refractivity (Wildman–Crippen MR) is 122 cm³/mol. The van der Waals surface area contributed by atoms with Crippen molar-refractivity contribution in [2.75, 3.05) is 0 Å². The lowest BCUT2D eigenvalue weighted by atomic mass is 10.2. The molecule has 0 aliphatic heterocycles. The number of ether oxygens (including phenoxy) is 2. The molecular weight excluding hydrogens is 402 g/mol. The summed E-state index contributed by atoms with van der Waals surface area (Å²) in [6.45, 7) is 0.385. The Morgan fingerprint density at radius 2 is 1.66 bits per heavy atom. The fourth-order valence-electron chi connectivity index (χ4n) is 3.17. The summed E-state index contributed by atoms with van der Waals surface area (Å²) in [4.78, 5) is 4.65. The van der Waals surface area contributed by atoms with Crippen molar-refractivity contribution < 1.29 is 9.47 Å². The van der Waals surface area contributed by atoms with Crippen LogP contribution in [0.1, 0.15) is 17.1 Å². The van der Waals surface area contributed by atoms with Gasteiger partial charge in [-0.05, 0) is 58.5 Å². The molecule has 0 fully saturated rings. The SMILES string of the molecule is C(=Cc1nnn[nH]1)c1ccc(Oc2cccc(OCc3ccc4ccccc4n3)c2)cc1. The number of aromatic amines is 1. The van der Waals surface area contributed by atoms with Gasteiger partial charge in [-0.15, -0.1) is 5.10 Å². The number of pyridine rings is 1. The van der Waals surface area contributed by atoms with Gasteiger partial charge in [0.2, 0.25) is 0 Å². The van der Waals surface area contributed by atoms with E-state index in [0.29, 0.717) is 18.2 Å². The van der Waals surface area contributed by atoms with Gasteiger partial charge in [-0.25, -0.2) is 10.1 Å². The van der Waals surface area contributed by atoms with Crippen LogP contribution in [0.25, 0.3) is 23.1 Å². The molecule has 0 unspecified atom stereocenters. The number of rotatable bonds is 7. The third-order valence-electron chi connectivity index (χ3n) is 4.76. The maximum absolute atomic E-state index is 5.98. The van der Waals surface area contributed by atoms with Gasteiger partial charge in [0.25, 0.3) is 0 Å². The summed E-state index contributed by atoms with van der Waals surface area (Å²) in [5, 5.41) is 14.7. The molecule has 0 atom stereocenters. The highest BCUT2D eigenvalue weighted by molar-refractivity contribution is 5.78. The second kappa shape index (κ2) is 9.09. The molecule has 7 heteroatoms. The average molecular weight is 421 g/mol. The van der Waals surface area contributed by atoms with E-state index in [1.165, 1.54) is 0 Å². The van der Waals surface area contributed by atoms with E-state index in [-0.39, 0.29) is 0 Å². The Hall–Kier alpha value is -4.52. The number of fused-ring (bicyclic) bond motifs is 1. The molecular formula is C25H19N5O2. The van der Waals surface area contributed by atoms with E-state index in [1.54, 1.807) is 6.08 Å². The number of nitrogens with zero attached hydrogens (tertiary/aromatic N) is 4. The highest BCUT2D eigenvalue weighted by Gasteiger charge is 2.03. The van der Waals surface area contributed by atoms with Crippen LogP contribution in [0.4, 0.5) is 0 Å². The van der Waals surface area contributed by atoms with Crippen molar-refractivity contribution in [2.24, 2.45) is 0 Å². The van der Waals surface area contributed by atoms with Gasteiger partial charge in [0.15, 0.2) is 5.82 Å². The van der Waals surface area contributed by atoms with Gasteiger partial charge in [0, 0.05) is 11.5 Å². The Morgan fingerprint density at radius 3 is 2.53 bits per heavy atom. The Bertz CT molecular complexity index is 1350. The lowest BCUT2D eigenvalue weighted by Gasteiger charge is -2.10. The number of H-pyrrole nitrogens is 1. The van der Waals surface area contributed by atoms with Crippen molar-refractivity contribution in [1.29, 1.82) is 0 Å². The number of aromatic nitrogens is 5. The number of benzene rings is 3. The summed E-state index contributed by atoms with van der Waals surface area (Å²) >= 11 is 0. The van der Waals surface area contributed by atoms with Crippen molar-refractivity contribution in [3.8, 4) is 17.2 Å². The van der Waals surface area contributed by atoms with Crippen LogP contribution in [0.5, 0.6) is 17.2 Å². The highest BCUT2D eigenvalue weighted by Crippen LogP contribution is 2.26. The molecule has 0 amide bonds. The topological polar surface area (TPSA) is 85.8 Å². The third kappa shape index (κ3) is 4.79. The molecule has 2 heterocycles. The van der Waals surface area contributed by atoms with Gasteiger partial charge in [0.05, 0.1) is 11.2 Å². The fourth-order valence-corrected chi connectivity index (χ4v) is 3.17. The van der Waals surface area contributed by atoms with Crippen LogP contribution < -0.4 is 9.47 Å². The second-order valence-corrected chi connectivity index (χ2v) is 7.05. The third-order valence-corrected chi connectivity index (χ3v) is 4.76. The van der Waals surface area contributed by atoms with Crippen molar-refractivity contribution in [3.05, 3.63) is 102 Å². The van der Waals surface area contributed by atoms with E-state index in [1.807, 2.05) is 84.9 Å². The average Bonchev–Trinajstić information content (AvgIpc) is 3.36. The molecule has 5 rings (SSSR count). The van der Waals surface area contributed by atoms with E-state index in [0.717, 1.165) is 33.7 Å². The molecule has 1 N–H and O–H groups in total. The molecule has 0 saturated heterocycles. The Kier molecular flexibility index (Phi) is 5.53. The van der Waals surface area contributed by atoms with E-state index < -0.39 is 0 Å². The zero-order valence-corrected chi connectivity index (χ0v) is 17.1. The van der Waals surface area contributed by atoms with Crippen LogP contribution in [-0.4, -0.2) is 25.6 Å². The van der Waals surface area contributed by atoms with Crippen molar-refractivity contribution in [2.45, 2.75) is 6.61 Å². The maximum atomic E-state index is 5.98. The van der Waals surface area contributed by atoms with Crippen LogP contribution in [0.3, 0.4) is 0 Å². The Labute approximate surface area is 184 Å². The minimum atomic E-state index is 0.385. The monoisotopic (exact) mass is 421 g/mol. The number of para-hydroxylation sites is 1. The van der Waals surface area contributed by atoms with Gasteiger partial charge in [-0.2, -0.15) is 0 Å². The van der Waals surface area contributed by atoms with E-state index in [2.05, 4.69) is 31.7 Å². The summed E-state index contributed by atoms with van der Waals surface area (Å²) in [6, 6.07) is 27.4. The van der Waals surface area contributed by atoms with Crippen molar-refractivity contribution in [1.82, 2.24) is 25.6 Å². The molecule has 7 nitrogen and oxygen atoms in total. The molecule has 5 aromatic rings. The minimum absolute atomic E-state index is 0.385. The molecule has 0 saturated carbocycles. The Morgan fingerprint density at radius 1 is 0.781 bits per heavy atom. The quantitative estimate of drug-likeness (QED) is 0.384. The predicted octanol–water partition coefficient (Wildman–Crippen LogP) is 5.29. The molecule has 0 aliphatic carbocycles. The summed E-state index contributed by atoms with van der Waals surface area (Å²) in [5.41, 5.74) is 2.84. The lowest BCUT2D eigenvalue weighted by molar-refractivity contribution is 0.300. The zero-order chi connectivity index (χ0) is 21.6. The first kappa shape index (κ1) is 19.4. The minimum Gasteiger partial charge on any atom is -0.487 e. The van der Waals surface area contributed by atoms with Crippen LogP contribution in [0, 0.1) is 0 Å². The largest absolute Gasteiger partial charge is 0.487 e.